The number of ether oxygens (including phenoxy) is 1. The van der Waals surface area contributed by atoms with Gasteiger partial charge in [-0.25, -0.2) is 22.0 Å². The summed E-state index contributed by atoms with van der Waals surface area (Å²) in [6.07, 6.45) is 2.72. The molecular weight excluding hydrogens is 615 g/mol. The molecule has 1 aromatic carbocycles. The van der Waals surface area contributed by atoms with Gasteiger partial charge in [0.15, 0.2) is 28.3 Å². The molecular formula is C26H12F11NOS2. The fraction of sp³-hybridized carbons (Fsp3) is 0.192. The van der Waals surface area contributed by atoms with Gasteiger partial charge >= 0.3 is 17.8 Å². The van der Waals surface area contributed by atoms with Crippen molar-refractivity contribution in [2.75, 3.05) is 7.11 Å². The van der Waals surface area contributed by atoms with Crippen molar-refractivity contribution in [2.24, 2.45) is 0 Å². The maximum atomic E-state index is 15.4. The predicted octanol–water partition coefficient (Wildman–Crippen LogP) is 9.38. The van der Waals surface area contributed by atoms with Crippen molar-refractivity contribution in [2.45, 2.75) is 24.7 Å². The molecule has 5 rings (SSSR count). The van der Waals surface area contributed by atoms with Gasteiger partial charge in [-0.2, -0.15) is 26.3 Å². The van der Waals surface area contributed by atoms with E-state index in [9.17, 15) is 30.7 Å². The molecule has 0 N–H and O–H groups in total. The Hall–Kier alpha value is -3.46. The number of methoxy groups -OCH3 is 1. The maximum absolute atomic E-state index is 15.4. The van der Waals surface area contributed by atoms with E-state index in [1.807, 2.05) is 0 Å². The van der Waals surface area contributed by atoms with Gasteiger partial charge in [0.25, 0.3) is 0 Å². The van der Waals surface area contributed by atoms with E-state index >= 15 is 17.6 Å². The highest BCUT2D eigenvalue weighted by atomic mass is 32.1. The van der Waals surface area contributed by atoms with Crippen LogP contribution < -0.4 is 4.74 Å². The lowest BCUT2D eigenvalue weighted by Gasteiger charge is -2.25. The number of hydrogen-bond donors (Lipinski definition) is 0. The molecule has 0 saturated heterocycles. The molecule has 1 aliphatic carbocycles. The molecule has 4 aromatic rings. The van der Waals surface area contributed by atoms with Gasteiger partial charge in [-0.15, -0.1) is 11.3 Å². The third-order valence-electron chi connectivity index (χ3n) is 6.43. The molecule has 0 saturated carbocycles. The van der Waals surface area contributed by atoms with E-state index in [4.69, 9.17) is 4.74 Å². The van der Waals surface area contributed by atoms with E-state index in [0.717, 1.165) is 24.5 Å². The molecule has 0 amide bonds. The second kappa shape index (κ2) is 9.54. The molecule has 3 aromatic heterocycles. The first-order chi connectivity index (χ1) is 19.1. The molecule has 0 fully saturated rings. The van der Waals surface area contributed by atoms with Crippen LogP contribution in [0.15, 0.2) is 36.7 Å². The summed E-state index contributed by atoms with van der Waals surface area (Å²) in [5, 5.41) is -0.813. The molecule has 15 heteroatoms. The van der Waals surface area contributed by atoms with E-state index in [-0.39, 0.29) is 21.1 Å². The number of benzene rings is 1. The minimum absolute atomic E-state index is 0.0359. The summed E-state index contributed by atoms with van der Waals surface area (Å²) >= 11 is 0.877. The summed E-state index contributed by atoms with van der Waals surface area (Å²) < 4.78 is 166. The number of hydrogen-bond acceptors (Lipinski definition) is 4. The van der Waals surface area contributed by atoms with E-state index in [0.29, 0.717) is 11.6 Å². The Morgan fingerprint density at radius 3 is 1.71 bits per heavy atom. The Labute approximate surface area is 231 Å². The molecule has 216 valence electrons. The molecule has 0 bridgehead atoms. The van der Waals surface area contributed by atoms with Crippen LogP contribution in [0.3, 0.4) is 0 Å². The highest BCUT2D eigenvalue weighted by Crippen LogP contribution is 2.67. The standard InChI is InChI=1S/C26H12F11NOS2/c1-9-11(7-13(40-9)10-3-5-38-6-4-10)16-17(25(34,35)26(36,37)24(16,32)33)12-8-14(41-23(12)39-2)15-18(27)20(29)22(31)21(30)19(15)28/h3-8H,1-2H3. The van der Waals surface area contributed by atoms with Crippen LogP contribution in [-0.4, -0.2) is 29.9 Å². The summed E-state index contributed by atoms with van der Waals surface area (Å²) in [5.41, 5.74) is -6.65. The second-order valence-corrected chi connectivity index (χ2v) is 11.0. The number of rotatable bonds is 5. The van der Waals surface area contributed by atoms with Gasteiger partial charge in [-0.3, -0.25) is 4.98 Å². The number of thiophene rings is 2. The Morgan fingerprint density at radius 2 is 1.17 bits per heavy atom. The largest absolute Gasteiger partial charge is 0.487 e. The molecule has 0 spiro atoms. The van der Waals surface area contributed by atoms with Crippen molar-refractivity contribution in [1.29, 1.82) is 0 Å². The molecule has 0 radical (unpaired) electrons. The van der Waals surface area contributed by atoms with Crippen LogP contribution in [0.1, 0.15) is 16.0 Å². The third kappa shape index (κ3) is 3.99. The first-order valence-corrected chi connectivity index (χ1v) is 12.8. The average Bonchev–Trinajstić information content (AvgIpc) is 3.54. The number of aryl methyl sites for hydroxylation is 1. The maximum Gasteiger partial charge on any atom is 0.380 e. The van der Waals surface area contributed by atoms with Crippen LogP contribution in [0.25, 0.3) is 32.0 Å². The lowest BCUT2D eigenvalue weighted by molar-refractivity contribution is -0.254. The van der Waals surface area contributed by atoms with Crippen LogP contribution in [0.2, 0.25) is 0 Å². The third-order valence-corrected chi connectivity index (χ3v) is 8.64. The van der Waals surface area contributed by atoms with Crippen LogP contribution >= 0.6 is 22.7 Å². The van der Waals surface area contributed by atoms with E-state index < -0.39 is 84.6 Å². The van der Waals surface area contributed by atoms with Crippen molar-refractivity contribution >= 4 is 33.8 Å². The molecule has 0 unspecified atom stereocenters. The Bertz CT molecular complexity index is 1700. The highest BCUT2D eigenvalue weighted by molar-refractivity contribution is 7.17. The highest BCUT2D eigenvalue weighted by Gasteiger charge is 2.80. The lowest BCUT2D eigenvalue weighted by Crippen LogP contribution is -2.48. The monoisotopic (exact) mass is 627 g/mol. The minimum atomic E-state index is -5.98. The Kier molecular flexibility index (Phi) is 6.76. The fourth-order valence-electron chi connectivity index (χ4n) is 4.47. The van der Waals surface area contributed by atoms with Gasteiger partial charge in [0, 0.05) is 43.7 Å². The smallest absolute Gasteiger partial charge is 0.380 e. The van der Waals surface area contributed by atoms with E-state index in [2.05, 4.69) is 4.98 Å². The van der Waals surface area contributed by atoms with Gasteiger partial charge in [0.1, 0.15) is 0 Å². The quantitative estimate of drug-likeness (QED) is 0.125. The zero-order valence-corrected chi connectivity index (χ0v) is 21.9. The first-order valence-electron chi connectivity index (χ1n) is 11.2. The summed E-state index contributed by atoms with van der Waals surface area (Å²) in [4.78, 5) is 3.08. The summed E-state index contributed by atoms with van der Waals surface area (Å²) in [6, 6.07) is 4.31. The number of alkyl halides is 6. The van der Waals surface area contributed by atoms with Crippen LogP contribution in [-0.2, 0) is 0 Å². The minimum Gasteiger partial charge on any atom is -0.487 e. The van der Waals surface area contributed by atoms with Gasteiger partial charge in [0.2, 0.25) is 5.82 Å². The summed E-state index contributed by atoms with van der Waals surface area (Å²) in [7, 11) is 0.818. The number of allylic oxidation sites excluding steroid dienone is 2. The SMILES string of the molecule is COc1sc(-c2c(F)c(F)c(F)c(F)c2F)cc1C1=C(c2cc(-c3ccncc3)sc2C)C(F)(F)C(F)(F)C1(F)F. The topological polar surface area (TPSA) is 22.1 Å². The molecule has 2 nitrogen and oxygen atoms in total. The van der Waals surface area contributed by atoms with Crippen molar-refractivity contribution in [3.8, 4) is 25.9 Å². The second-order valence-electron chi connectivity index (χ2n) is 8.75. The zero-order chi connectivity index (χ0) is 30.2. The van der Waals surface area contributed by atoms with Gasteiger partial charge in [0.05, 0.1) is 12.7 Å². The summed E-state index contributed by atoms with van der Waals surface area (Å²) in [5.74, 6) is -29.0. The zero-order valence-electron chi connectivity index (χ0n) is 20.3. The lowest BCUT2D eigenvalue weighted by atomic mass is 9.95. The van der Waals surface area contributed by atoms with Crippen LogP contribution in [0.4, 0.5) is 48.3 Å². The summed E-state index contributed by atoms with van der Waals surface area (Å²) in [6.45, 7) is 1.24. The van der Waals surface area contributed by atoms with Gasteiger partial charge < -0.3 is 4.74 Å². The van der Waals surface area contributed by atoms with Gasteiger partial charge in [-0.05, 0) is 42.3 Å². The molecule has 41 heavy (non-hydrogen) atoms. The Balaban J connectivity index is 1.84. The first kappa shape index (κ1) is 29.0. The predicted molar refractivity (Wildman–Crippen MR) is 130 cm³/mol. The van der Waals surface area contributed by atoms with Gasteiger partial charge in [-0.1, -0.05) is 11.3 Å². The molecule has 0 aliphatic heterocycles. The number of pyridine rings is 1. The average molecular weight is 628 g/mol. The molecule has 0 atom stereocenters. The van der Waals surface area contributed by atoms with Crippen LogP contribution in [0, 0.1) is 36.0 Å². The van der Waals surface area contributed by atoms with Crippen molar-refractivity contribution in [3.05, 3.63) is 81.7 Å². The number of halogens is 11. The number of aromatic nitrogens is 1. The van der Waals surface area contributed by atoms with Crippen LogP contribution in [0.5, 0.6) is 5.06 Å². The van der Waals surface area contributed by atoms with Crippen molar-refractivity contribution in [1.82, 2.24) is 4.98 Å². The number of nitrogens with zero attached hydrogens (tertiary/aromatic N) is 1. The molecule has 1 aliphatic rings. The normalized spacial score (nSPS) is 17.4. The fourth-order valence-corrected chi connectivity index (χ4v) is 6.51. The van der Waals surface area contributed by atoms with Crippen molar-refractivity contribution < 1.29 is 53.0 Å². The molecule has 3 heterocycles. The Morgan fingerprint density at radius 1 is 0.683 bits per heavy atom. The van der Waals surface area contributed by atoms with E-state index in [1.54, 1.807) is 0 Å². The van der Waals surface area contributed by atoms with E-state index in [1.165, 1.54) is 31.5 Å². The van der Waals surface area contributed by atoms with Crippen molar-refractivity contribution in [3.63, 3.8) is 0 Å².